The number of methoxy groups -OCH3 is 1. The number of ether oxygens (including phenoxy) is 2. The van der Waals surface area contributed by atoms with Gasteiger partial charge in [0.15, 0.2) is 18.1 Å². The molecule has 10 heteroatoms. The van der Waals surface area contributed by atoms with Crippen molar-refractivity contribution in [1.82, 2.24) is 10.3 Å². The van der Waals surface area contributed by atoms with Crippen LogP contribution in [0.5, 0.6) is 11.5 Å². The Balaban J connectivity index is 1.77. The zero-order valence-electron chi connectivity index (χ0n) is 16.2. The third-order valence-corrected chi connectivity index (χ3v) is 4.16. The minimum absolute atomic E-state index is 0.0968. The lowest BCUT2D eigenvalue weighted by molar-refractivity contribution is -0.137. The van der Waals surface area contributed by atoms with Gasteiger partial charge >= 0.3 is 6.18 Å². The van der Waals surface area contributed by atoms with E-state index in [0.717, 1.165) is 11.6 Å². The number of aromatic nitrogens is 1. The summed E-state index contributed by atoms with van der Waals surface area (Å²) in [7, 11) is 1.51. The van der Waals surface area contributed by atoms with Crippen molar-refractivity contribution in [3.63, 3.8) is 0 Å². The number of halogens is 4. The normalized spacial score (nSPS) is 11.0. The van der Waals surface area contributed by atoms with Crippen molar-refractivity contribution >= 4 is 23.3 Å². The summed E-state index contributed by atoms with van der Waals surface area (Å²) in [5.74, 6) is 0.658. The Morgan fingerprint density at radius 3 is 2.67 bits per heavy atom. The first kappa shape index (κ1) is 23.3. The molecule has 2 rings (SSSR count). The monoisotopic (exact) mass is 443 g/mol. The quantitative estimate of drug-likeness (QED) is 0.427. The SMILES string of the molecule is C=CCc1ccc(OCC(=O)NCCNc2ncc(C(F)(F)F)cc2Cl)c(OC)c1. The summed E-state index contributed by atoms with van der Waals surface area (Å²) in [5.41, 5.74) is 0.0664. The Kier molecular flexibility index (Phi) is 8.35. The van der Waals surface area contributed by atoms with Crippen LogP contribution in [0.25, 0.3) is 0 Å². The molecule has 1 aromatic carbocycles. The van der Waals surface area contributed by atoms with Gasteiger partial charge in [0, 0.05) is 19.3 Å². The van der Waals surface area contributed by atoms with Gasteiger partial charge in [-0.2, -0.15) is 13.2 Å². The zero-order chi connectivity index (χ0) is 22.1. The summed E-state index contributed by atoms with van der Waals surface area (Å²) in [4.78, 5) is 15.6. The summed E-state index contributed by atoms with van der Waals surface area (Å²) in [6.45, 7) is 3.86. The molecule has 6 nitrogen and oxygen atoms in total. The van der Waals surface area contributed by atoms with Gasteiger partial charge in [0.1, 0.15) is 5.82 Å². The molecule has 0 aliphatic heterocycles. The Labute approximate surface area is 177 Å². The number of pyridine rings is 1. The van der Waals surface area contributed by atoms with Crippen molar-refractivity contribution < 1.29 is 27.4 Å². The maximum absolute atomic E-state index is 12.6. The molecule has 0 aliphatic rings. The molecule has 30 heavy (non-hydrogen) atoms. The second kappa shape index (κ2) is 10.7. The molecule has 0 bridgehead atoms. The molecule has 1 heterocycles. The molecule has 0 fully saturated rings. The molecule has 0 radical (unpaired) electrons. The fraction of sp³-hybridized carbons (Fsp3) is 0.300. The number of nitrogens with zero attached hydrogens (tertiary/aromatic N) is 1. The summed E-state index contributed by atoms with van der Waals surface area (Å²) in [6, 6.07) is 6.16. The van der Waals surface area contributed by atoms with E-state index in [-0.39, 0.29) is 36.4 Å². The van der Waals surface area contributed by atoms with E-state index < -0.39 is 11.7 Å². The van der Waals surface area contributed by atoms with E-state index in [1.165, 1.54) is 7.11 Å². The van der Waals surface area contributed by atoms with E-state index in [2.05, 4.69) is 22.2 Å². The Hall–Kier alpha value is -2.94. The topological polar surface area (TPSA) is 72.5 Å². The van der Waals surface area contributed by atoms with Crippen molar-refractivity contribution in [2.75, 3.05) is 32.1 Å². The summed E-state index contributed by atoms with van der Waals surface area (Å²) in [5, 5.41) is 5.22. The summed E-state index contributed by atoms with van der Waals surface area (Å²) < 4.78 is 48.5. The Bertz CT molecular complexity index is 891. The number of nitrogens with one attached hydrogen (secondary N) is 2. The van der Waals surface area contributed by atoms with Gasteiger partial charge in [-0.15, -0.1) is 6.58 Å². The molecule has 162 valence electrons. The second-order valence-electron chi connectivity index (χ2n) is 6.10. The van der Waals surface area contributed by atoms with Gasteiger partial charge in [0.05, 0.1) is 17.7 Å². The fourth-order valence-electron chi connectivity index (χ4n) is 2.43. The Morgan fingerprint density at radius 2 is 2.03 bits per heavy atom. The second-order valence-corrected chi connectivity index (χ2v) is 6.50. The number of allylic oxidation sites excluding steroid dienone is 1. The van der Waals surface area contributed by atoms with Crippen molar-refractivity contribution in [2.45, 2.75) is 12.6 Å². The number of benzene rings is 1. The van der Waals surface area contributed by atoms with E-state index in [0.29, 0.717) is 24.1 Å². The van der Waals surface area contributed by atoms with Crippen LogP contribution in [0.15, 0.2) is 43.1 Å². The van der Waals surface area contributed by atoms with Crippen LogP contribution in [0.2, 0.25) is 5.02 Å². The molecule has 0 aliphatic carbocycles. The van der Waals surface area contributed by atoms with E-state index in [9.17, 15) is 18.0 Å². The van der Waals surface area contributed by atoms with Crippen LogP contribution in [-0.2, 0) is 17.4 Å². The van der Waals surface area contributed by atoms with Crippen LogP contribution in [0.1, 0.15) is 11.1 Å². The molecule has 0 spiro atoms. The minimum atomic E-state index is -4.52. The third-order valence-electron chi connectivity index (χ3n) is 3.87. The molecule has 0 unspecified atom stereocenters. The highest BCUT2D eigenvalue weighted by Gasteiger charge is 2.31. The first-order valence-electron chi connectivity index (χ1n) is 8.88. The van der Waals surface area contributed by atoms with Crippen LogP contribution in [0.4, 0.5) is 19.0 Å². The van der Waals surface area contributed by atoms with Gasteiger partial charge in [0.25, 0.3) is 5.91 Å². The van der Waals surface area contributed by atoms with Gasteiger partial charge in [0.2, 0.25) is 0 Å². The van der Waals surface area contributed by atoms with Crippen molar-refractivity contribution in [3.05, 3.63) is 59.3 Å². The number of hydrogen-bond donors (Lipinski definition) is 2. The molecule has 0 saturated carbocycles. The Morgan fingerprint density at radius 1 is 1.27 bits per heavy atom. The van der Waals surface area contributed by atoms with Crippen molar-refractivity contribution in [1.29, 1.82) is 0 Å². The highest BCUT2D eigenvalue weighted by Crippen LogP contribution is 2.32. The van der Waals surface area contributed by atoms with Gasteiger partial charge < -0.3 is 20.1 Å². The van der Waals surface area contributed by atoms with E-state index in [4.69, 9.17) is 21.1 Å². The van der Waals surface area contributed by atoms with Gasteiger partial charge in [-0.25, -0.2) is 4.98 Å². The fourth-order valence-corrected chi connectivity index (χ4v) is 2.66. The number of amides is 1. The minimum Gasteiger partial charge on any atom is -0.493 e. The molecule has 2 N–H and O–H groups in total. The van der Waals surface area contributed by atoms with E-state index in [1.54, 1.807) is 18.2 Å². The smallest absolute Gasteiger partial charge is 0.417 e. The third kappa shape index (κ3) is 6.84. The summed E-state index contributed by atoms with van der Waals surface area (Å²) >= 11 is 5.80. The maximum Gasteiger partial charge on any atom is 0.417 e. The lowest BCUT2D eigenvalue weighted by atomic mass is 10.1. The predicted octanol–water partition coefficient (Wildman–Crippen LogP) is 4.10. The number of alkyl halides is 3. The van der Waals surface area contributed by atoms with Crippen molar-refractivity contribution in [3.8, 4) is 11.5 Å². The van der Waals surface area contributed by atoms with Crippen LogP contribution in [0, 0.1) is 0 Å². The first-order chi connectivity index (χ1) is 14.2. The molecular formula is C20H21ClF3N3O3. The van der Waals surface area contributed by atoms with E-state index in [1.807, 2.05) is 6.07 Å². The van der Waals surface area contributed by atoms with Crippen LogP contribution >= 0.6 is 11.6 Å². The predicted molar refractivity (Wildman–Crippen MR) is 108 cm³/mol. The lowest BCUT2D eigenvalue weighted by Gasteiger charge is -2.13. The molecular weight excluding hydrogens is 423 g/mol. The van der Waals surface area contributed by atoms with E-state index >= 15 is 0 Å². The number of carbonyl (C=O) groups excluding carboxylic acids is 1. The largest absolute Gasteiger partial charge is 0.493 e. The van der Waals surface area contributed by atoms with Crippen molar-refractivity contribution in [2.24, 2.45) is 0 Å². The standard InChI is InChI=1S/C20H21ClF3N3O3/c1-3-4-13-5-6-16(17(9-13)29-2)30-12-18(28)25-7-8-26-19-15(21)10-14(11-27-19)20(22,23)24/h3,5-6,9-11H,1,4,7-8,12H2,2H3,(H,25,28)(H,26,27). The van der Waals surface area contributed by atoms with Crippen LogP contribution < -0.4 is 20.1 Å². The number of rotatable bonds is 10. The lowest BCUT2D eigenvalue weighted by Crippen LogP contribution is -2.32. The van der Waals surface area contributed by atoms with Crippen LogP contribution in [-0.4, -0.2) is 37.7 Å². The van der Waals surface area contributed by atoms with Gasteiger partial charge in [-0.05, 0) is 30.2 Å². The average molecular weight is 444 g/mol. The summed E-state index contributed by atoms with van der Waals surface area (Å²) in [6.07, 6.45) is -1.38. The number of anilines is 1. The molecule has 1 aromatic heterocycles. The highest BCUT2D eigenvalue weighted by molar-refractivity contribution is 6.32. The number of hydrogen-bond acceptors (Lipinski definition) is 5. The zero-order valence-corrected chi connectivity index (χ0v) is 16.9. The molecule has 0 saturated heterocycles. The molecule has 1 amide bonds. The van der Waals surface area contributed by atoms with Gasteiger partial charge in [-0.1, -0.05) is 23.7 Å². The highest BCUT2D eigenvalue weighted by atomic mass is 35.5. The first-order valence-corrected chi connectivity index (χ1v) is 9.26. The molecule has 0 atom stereocenters. The molecule has 2 aromatic rings. The van der Waals surface area contributed by atoms with Gasteiger partial charge in [-0.3, -0.25) is 4.79 Å². The number of carbonyl (C=O) groups is 1. The van der Waals surface area contributed by atoms with Crippen LogP contribution in [0.3, 0.4) is 0 Å². The average Bonchev–Trinajstić information content (AvgIpc) is 2.70. The maximum atomic E-state index is 12.6.